The Morgan fingerprint density at radius 1 is 1.24 bits per heavy atom. The summed E-state index contributed by atoms with van der Waals surface area (Å²) in [7, 11) is 0. The third-order valence-corrected chi connectivity index (χ3v) is 5.84. The number of fused-ring (bicyclic) bond motifs is 1. The number of aryl methyl sites for hydroxylation is 2. The minimum absolute atomic E-state index is 0.0120. The van der Waals surface area contributed by atoms with Crippen molar-refractivity contribution in [3.05, 3.63) is 74.3 Å². The number of hydrogen-bond acceptors (Lipinski definition) is 4. The second-order valence-electron chi connectivity index (χ2n) is 8.37. The van der Waals surface area contributed by atoms with Gasteiger partial charge in [0.15, 0.2) is 0 Å². The molecule has 0 radical (unpaired) electrons. The van der Waals surface area contributed by atoms with Crippen molar-refractivity contribution in [3.63, 3.8) is 0 Å². The van der Waals surface area contributed by atoms with Crippen LogP contribution in [0.5, 0.6) is 0 Å². The third kappa shape index (κ3) is 3.65. The Labute approximate surface area is 171 Å². The number of hydrogen-bond donors (Lipinski definition) is 1. The zero-order valence-electron chi connectivity index (χ0n) is 17.9. The van der Waals surface area contributed by atoms with Crippen LogP contribution in [0.3, 0.4) is 0 Å². The molecule has 4 rings (SSSR count). The summed E-state index contributed by atoms with van der Waals surface area (Å²) in [6.07, 6.45) is 2.66. The summed E-state index contributed by atoms with van der Waals surface area (Å²) >= 11 is 0. The Morgan fingerprint density at radius 3 is 2.76 bits per heavy atom. The summed E-state index contributed by atoms with van der Waals surface area (Å²) < 4.78 is 2.23. The van der Waals surface area contributed by atoms with E-state index in [9.17, 15) is 4.79 Å². The van der Waals surface area contributed by atoms with Crippen molar-refractivity contribution in [2.24, 2.45) is 0 Å². The summed E-state index contributed by atoms with van der Waals surface area (Å²) in [5.41, 5.74) is 6.61. The molecule has 0 aliphatic carbocycles. The van der Waals surface area contributed by atoms with Crippen molar-refractivity contribution in [3.8, 4) is 5.82 Å². The van der Waals surface area contributed by atoms with E-state index in [1.54, 1.807) is 0 Å². The fraction of sp³-hybridized carbons (Fsp3) is 0.435. The molecule has 152 valence electrons. The maximum atomic E-state index is 12.6. The SMILES string of the molecule is Cc1cccnc1-n1c(C)cc(CN2CCc3nc(C(C)C)[nH]c(=O)c3C2)c1C. The Hall–Kier alpha value is -2.73. The Kier molecular flexibility index (Phi) is 5.13. The van der Waals surface area contributed by atoms with Gasteiger partial charge in [-0.2, -0.15) is 0 Å². The van der Waals surface area contributed by atoms with Gasteiger partial charge in [-0.15, -0.1) is 0 Å². The molecule has 0 spiro atoms. The van der Waals surface area contributed by atoms with Gasteiger partial charge in [0.2, 0.25) is 0 Å². The molecule has 6 nitrogen and oxygen atoms in total. The molecule has 1 aliphatic rings. The fourth-order valence-electron chi connectivity index (χ4n) is 4.18. The summed E-state index contributed by atoms with van der Waals surface area (Å²) in [4.78, 5) is 27.2. The molecule has 0 bridgehead atoms. The molecule has 1 N–H and O–H groups in total. The molecule has 6 heteroatoms. The van der Waals surface area contributed by atoms with Crippen LogP contribution in [0, 0.1) is 20.8 Å². The number of nitrogens with one attached hydrogen (secondary N) is 1. The minimum Gasteiger partial charge on any atom is -0.310 e. The van der Waals surface area contributed by atoms with E-state index in [-0.39, 0.29) is 11.5 Å². The second-order valence-corrected chi connectivity index (χ2v) is 8.37. The van der Waals surface area contributed by atoms with Crippen LogP contribution < -0.4 is 5.56 Å². The monoisotopic (exact) mass is 391 g/mol. The first-order chi connectivity index (χ1) is 13.8. The van der Waals surface area contributed by atoms with E-state index in [1.807, 2.05) is 12.3 Å². The average molecular weight is 392 g/mol. The normalized spacial score (nSPS) is 14.4. The standard InChI is InChI=1S/C23H29N5O/c1-14(2)21-25-20-8-10-27(13-19(20)23(29)26-21)12-18-11-16(4)28(17(18)5)22-15(3)7-6-9-24-22/h6-7,9,11,14H,8,10,12-13H2,1-5H3,(H,25,26,29). The van der Waals surface area contributed by atoms with Crippen molar-refractivity contribution in [2.45, 2.75) is 60.0 Å². The van der Waals surface area contributed by atoms with Gasteiger partial charge >= 0.3 is 0 Å². The molecular formula is C23H29N5O. The largest absolute Gasteiger partial charge is 0.310 e. The van der Waals surface area contributed by atoms with Gasteiger partial charge in [0.1, 0.15) is 11.6 Å². The first-order valence-corrected chi connectivity index (χ1v) is 10.3. The van der Waals surface area contributed by atoms with E-state index in [0.717, 1.165) is 48.0 Å². The number of rotatable bonds is 4. The highest BCUT2D eigenvalue weighted by atomic mass is 16.1. The van der Waals surface area contributed by atoms with Gasteiger partial charge in [-0.3, -0.25) is 9.69 Å². The average Bonchev–Trinajstić information content (AvgIpc) is 2.96. The van der Waals surface area contributed by atoms with Gasteiger partial charge in [-0.25, -0.2) is 9.97 Å². The molecule has 1 aliphatic heterocycles. The summed E-state index contributed by atoms with van der Waals surface area (Å²) in [6, 6.07) is 6.30. The minimum atomic E-state index is 0.0120. The van der Waals surface area contributed by atoms with E-state index < -0.39 is 0 Å². The van der Waals surface area contributed by atoms with Crippen molar-refractivity contribution in [1.29, 1.82) is 0 Å². The van der Waals surface area contributed by atoms with E-state index in [1.165, 1.54) is 17.0 Å². The van der Waals surface area contributed by atoms with Gasteiger partial charge in [0.25, 0.3) is 5.56 Å². The maximum absolute atomic E-state index is 12.6. The molecule has 4 heterocycles. The first-order valence-electron chi connectivity index (χ1n) is 10.3. The highest BCUT2D eigenvalue weighted by Crippen LogP contribution is 2.24. The molecule has 3 aromatic rings. The quantitative estimate of drug-likeness (QED) is 0.738. The molecule has 3 aromatic heterocycles. The lowest BCUT2D eigenvalue weighted by atomic mass is 10.1. The number of aromatic amines is 1. The molecule has 0 atom stereocenters. The van der Waals surface area contributed by atoms with Crippen LogP contribution in [-0.4, -0.2) is 31.0 Å². The highest BCUT2D eigenvalue weighted by Gasteiger charge is 2.23. The number of nitrogens with zero attached hydrogens (tertiary/aromatic N) is 4. The van der Waals surface area contributed by atoms with E-state index in [0.29, 0.717) is 6.54 Å². The maximum Gasteiger partial charge on any atom is 0.255 e. The van der Waals surface area contributed by atoms with Crippen LogP contribution in [0.1, 0.15) is 59.4 Å². The van der Waals surface area contributed by atoms with Crippen LogP contribution in [-0.2, 0) is 19.5 Å². The third-order valence-electron chi connectivity index (χ3n) is 5.84. The second kappa shape index (κ2) is 7.59. The lowest BCUT2D eigenvalue weighted by molar-refractivity contribution is 0.241. The van der Waals surface area contributed by atoms with Crippen LogP contribution in [0.15, 0.2) is 29.2 Å². The van der Waals surface area contributed by atoms with Crippen LogP contribution in [0.4, 0.5) is 0 Å². The van der Waals surface area contributed by atoms with Crippen LogP contribution in [0.2, 0.25) is 0 Å². The van der Waals surface area contributed by atoms with Gasteiger partial charge in [0, 0.05) is 49.6 Å². The van der Waals surface area contributed by atoms with Crippen molar-refractivity contribution < 1.29 is 0 Å². The summed E-state index contributed by atoms with van der Waals surface area (Å²) in [5, 5.41) is 0. The molecule has 0 amide bonds. The fourth-order valence-corrected chi connectivity index (χ4v) is 4.18. The Morgan fingerprint density at radius 2 is 2.03 bits per heavy atom. The predicted molar refractivity (Wildman–Crippen MR) is 115 cm³/mol. The molecular weight excluding hydrogens is 362 g/mol. The van der Waals surface area contributed by atoms with Gasteiger partial charge < -0.3 is 9.55 Å². The number of H-pyrrole nitrogens is 1. The summed E-state index contributed by atoms with van der Waals surface area (Å²) in [6.45, 7) is 12.8. The number of aromatic nitrogens is 4. The molecule has 29 heavy (non-hydrogen) atoms. The van der Waals surface area contributed by atoms with Crippen molar-refractivity contribution >= 4 is 0 Å². The molecule has 0 unspecified atom stereocenters. The summed E-state index contributed by atoms with van der Waals surface area (Å²) in [5.74, 6) is 2.00. The zero-order valence-corrected chi connectivity index (χ0v) is 17.9. The van der Waals surface area contributed by atoms with Crippen LogP contribution >= 0.6 is 0 Å². The van der Waals surface area contributed by atoms with E-state index >= 15 is 0 Å². The first kappa shape index (κ1) is 19.6. The zero-order chi connectivity index (χ0) is 20.7. The molecule has 0 fully saturated rings. The lowest BCUT2D eigenvalue weighted by Crippen LogP contribution is -2.36. The molecule has 0 saturated carbocycles. The molecule has 0 aromatic carbocycles. The van der Waals surface area contributed by atoms with Crippen molar-refractivity contribution in [1.82, 2.24) is 24.4 Å². The number of pyridine rings is 1. The Bertz CT molecular complexity index is 1110. The van der Waals surface area contributed by atoms with E-state index in [4.69, 9.17) is 4.98 Å². The van der Waals surface area contributed by atoms with Crippen LogP contribution in [0.25, 0.3) is 5.82 Å². The lowest BCUT2D eigenvalue weighted by Gasteiger charge is -2.28. The Balaban J connectivity index is 1.60. The van der Waals surface area contributed by atoms with Crippen molar-refractivity contribution in [2.75, 3.05) is 6.54 Å². The van der Waals surface area contributed by atoms with Gasteiger partial charge in [-0.05, 0) is 44.0 Å². The highest BCUT2D eigenvalue weighted by molar-refractivity contribution is 5.41. The molecule has 0 saturated heterocycles. The topological polar surface area (TPSA) is 66.8 Å². The van der Waals surface area contributed by atoms with E-state index in [2.05, 4.69) is 66.2 Å². The van der Waals surface area contributed by atoms with Gasteiger partial charge in [-0.1, -0.05) is 19.9 Å². The smallest absolute Gasteiger partial charge is 0.255 e. The van der Waals surface area contributed by atoms with Gasteiger partial charge in [0.05, 0.1) is 11.3 Å². The predicted octanol–water partition coefficient (Wildman–Crippen LogP) is 3.56.